The number of benzene rings is 1. The Balaban J connectivity index is 0.000000194. The standard InChI is InChI=1S/C10H15N3O.C9H8O4/c1-12-4-2-10(3-5-12)13-7-9(8-14)6-11-13;1-5-2-6(8(10)11)4-7(3-5)9(12)13/h6-8,10H,2-5H2,1H3;2-4H,1H3,(H,10,11)(H,12,13). The number of carboxylic acid groups (broad SMARTS) is 2. The summed E-state index contributed by atoms with van der Waals surface area (Å²) in [5, 5.41) is 21.4. The molecule has 3 rings (SSSR count). The SMILES string of the molecule is CN1CCC(n2cc(C=O)cn2)CC1.Cc1cc(C(=O)O)cc(C(=O)O)c1. The second-order valence-corrected chi connectivity index (χ2v) is 6.60. The number of likely N-dealkylation sites (tertiary alicyclic amines) is 1. The number of piperidine rings is 1. The summed E-state index contributed by atoms with van der Waals surface area (Å²) in [6.45, 7) is 3.88. The Hall–Kier alpha value is -3.00. The quantitative estimate of drug-likeness (QED) is 0.791. The summed E-state index contributed by atoms with van der Waals surface area (Å²) in [5.74, 6) is -2.24. The minimum absolute atomic E-state index is 0.00241. The third-order valence-electron chi connectivity index (χ3n) is 4.39. The molecular formula is C19H23N3O5. The molecule has 1 saturated heterocycles. The van der Waals surface area contributed by atoms with Crippen molar-refractivity contribution in [3.8, 4) is 0 Å². The summed E-state index contributed by atoms with van der Waals surface area (Å²) >= 11 is 0. The molecule has 0 bridgehead atoms. The second kappa shape index (κ2) is 9.09. The van der Waals surface area contributed by atoms with Gasteiger partial charge in [-0.3, -0.25) is 9.48 Å². The number of carboxylic acids is 2. The number of aryl methyl sites for hydroxylation is 1. The van der Waals surface area contributed by atoms with Gasteiger partial charge in [0, 0.05) is 6.20 Å². The zero-order valence-corrected chi connectivity index (χ0v) is 15.3. The zero-order valence-electron chi connectivity index (χ0n) is 15.3. The maximum atomic E-state index is 10.5. The molecule has 2 N–H and O–H groups in total. The number of aldehydes is 1. The molecule has 1 fully saturated rings. The van der Waals surface area contributed by atoms with E-state index < -0.39 is 11.9 Å². The van der Waals surface area contributed by atoms with E-state index in [0.29, 0.717) is 17.2 Å². The second-order valence-electron chi connectivity index (χ2n) is 6.60. The van der Waals surface area contributed by atoms with E-state index in [2.05, 4.69) is 17.0 Å². The monoisotopic (exact) mass is 373 g/mol. The number of carbonyl (C=O) groups excluding carboxylic acids is 1. The Kier molecular flexibility index (Phi) is 6.84. The van der Waals surface area contributed by atoms with Crippen molar-refractivity contribution in [2.45, 2.75) is 25.8 Å². The van der Waals surface area contributed by atoms with Gasteiger partial charge >= 0.3 is 11.9 Å². The lowest BCUT2D eigenvalue weighted by Gasteiger charge is -2.28. The highest BCUT2D eigenvalue weighted by Gasteiger charge is 2.18. The average Bonchev–Trinajstić information content (AvgIpc) is 3.11. The van der Waals surface area contributed by atoms with E-state index in [1.165, 1.54) is 12.1 Å². The fourth-order valence-electron chi connectivity index (χ4n) is 2.90. The Bertz CT molecular complexity index is 790. The first-order valence-corrected chi connectivity index (χ1v) is 8.56. The summed E-state index contributed by atoms with van der Waals surface area (Å²) in [5.41, 5.74) is 1.29. The number of hydrogen-bond donors (Lipinski definition) is 2. The third-order valence-corrected chi connectivity index (χ3v) is 4.39. The van der Waals surface area contributed by atoms with Crippen LogP contribution in [0, 0.1) is 6.92 Å². The average molecular weight is 373 g/mol. The summed E-state index contributed by atoms with van der Waals surface area (Å²) in [4.78, 5) is 33.9. The molecule has 0 saturated carbocycles. The van der Waals surface area contributed by atoms with E-state index in [1.807, 2.05) is 10.9 Å². The summed E-state index contributed by atoms with van der Waals surface area (Å²) < 4.78 is 1.93. The molecule has 1 aromatic carbocycles. The minimum Gasteiger partial charge on any atom is -0.478 e. The number of rotatable bonds is 4. The molecule has 1 aliphatic heterocycles. The number of carbonyl (C=O) groups is 3. The van der Waals surface area contributed by atoms with E-state index in [1.54, 1.807) is 13.1 Å². The van der Waals surface area contributed by atoms with Gasteiger partial charge in [-0.05, 0) is 63.7 Å². The van der Waals surface area contributed by atoms with Gasteiger partial charge in [0.25, 0.3) is 0 Å². The number of nitrogens with zero attached hydrogens (tertiary/aromatic N) is 3. The predicted octanol–water partition coefficient (Wildman–Crippen LogP) is 2.35. The maximum Gasteiger partial charge on any atom is 0.335 e. The largest absolute Gasteiger partial charge is 0.478 e. The first kappa shape index (κ1) is 20.3. The van der Waals surface area contributed by atoms with Gasteiger partial charge in [0.15, 0.2) is 6.29 Å². The molecule has 0 spiro atoms. The van der Waals surface area contributed by atoms with Crippen LogP contribution in [0.1, 0.15) is 55.5 Å². The number of aromatic carboxylic acids is 2. The number of aromatic nitrogens is 2. The van der Waals surface area contributed by atoms with Crippen LogP contribution in [0.5, 0.6) is 0 Å². The van der Waals surface area contributed by atoms with E-state index in [4.69, 9.17) is 10.2 Å². The maximum absolute atomic E-state index is 10.5. The minimum atomic E-state index is -1.12. The van der Waals surface area contributed by atoms with Gasteiger partial charge in [-0.15, -0.1) is 0 Å². The van der Waals surface area contributed by atoms with Crippen LogP contribution in [-0.4, -0.2) is 63.3 Å². The van der Waals surface area contributed by atoms with Gasteiger partial charge in [0.2, 0.25) is 0 Å². The van der Waals surface area contributed by atoms with Crippen molar-refractivity contribution >= 4 is 18.2 Å². The Morgan fingerprint density at radius 2 is 1.67 bits per heavy atom. The Morgan fingerprint density at radius 3 is 2.11 bits per heavy atom. The molecule has 2 heterocycles. The van der Waals surface area contributed by atoms with Crippen LogP contribution in [0.3, 0.4) is 0 Å². The van der Waals surface area contributed by atoms with Gasteiger partial charge in [-0.2, -0.15) is 5.10 Å². The van der Waals surface area contributed by atoms with E-state index in [0.717, 1.165) is 38.3 Å². The van der Waals surface area contributed by atoms with Crippen LogP contribution in [0.4, 0.5) is 0 Å². The number of hydrogen-bond acceptors (Lipinski definition) is 5. The van der Waals surface area contributed by atoms with Gasteiger partial charge in [-0.25, -0.2) is 9.59 Å². The highest BCUT2D eigenvalue weighted by molar-refractivity contribution is 5.94. The van der Waals surface area contributed by atoms with Crippen LogP contribution in [0.15, 0.2) is 30.6 Å². The molecule has 0 atom stereocenters. The van der Waals surface area contributed by atoms with Gasteiger partial charge in [0.05, 0.1) is 28.9 Å². The molecule has 144 valence electrons. The lowest BCUT2D eigenvalue weighted by atomic mass is 10.1. The van der Waals surface area contributed by atoms with Gasteiger partial charge in [0.1, 0.15) is 0 Å². The lowest BCUT2D eigenvalue weighted by molar-refractivity contribution is 0.0696. The smallest absolute Gasteiger partial charge is 0.335 e. The van der Waals surface area contributed by atoms with E-state index in [-0.39, 0.29) is 11.1 Å². The van der Waals surface area contributed by atoms with Crippen LogP contribution in [0.2, 0.25) is 0 Å². The highest BCUT2D eigenvalue weighted by atomic mass is 16.4. The molecule has 0 amide bonds. The summed E-state index contributed by atoms with van der Waals surface area (Å²) in [7, 11) is 2.14. The molecule has 0 unspecified atom stereocenters. The van der Waals surface area contributed by atoms with Crippen LogP contribution < -0.4 is 0 Å². The molecule has 1 aliphatic rings. The molecular weight excluding hydrogens is 350 g/mol. The fourth-order valence-corrected chi connectivity index (χ4v) is 2.90. The molecule has 1 aromatic heterocycles. The molecule has 27 heavy (non-hydrogen) atoms. The first-order valence-electron chi connectivity index (χ1n) is 8.56. The third kappa shape index (κ3) is 5.75. The predicted molar refractivity (Wildman–Crippen MR) is 98.5 cm³/mol. The van der Waals surface area contributed by atoms with Crippen molar-refractivity contribution in [3.63, 3.8) is 0 Å². The molecule has 0 aliphatic carbocycles. The van der Waals surface area contributed by atoms with Gasteiger partial charge in [-0.1, -0.05) is 0 Å². The van der Waals surface area contributed by atoms with Crippen molar-refractivity contribution < 1.29 is 24.6 Å². The molecule has 0 radical (unpaired) electrons. The van der Waals surface area contributed by atoms with Crippen molar-refractivity contribution in [1.29, 1.82) is 0 Å². The van der Waals surface area contributed by atoms with Crippen molar-refractivity contribution in [2.24, 2.45) is 0 Å². The molecule has 2 aromatic rings. The van der Waals surface area contributed by atoms with Gasteiger partial charge < -0.3 is 15.1 Å². The van der Waals surface area contributed by atoms with Crippen molar-refractivity contribution in [2.75, 3.05) is 20.1 Å². The first-order chi connectivity index (χ1) is 12.8. The fraction of sp³-hybridized carbons (Fsp3) is 0.368. The van der Waals surface area contributed by atoms with E-state index >= 15 is 0 Å². The topological polar surface area (TPSA) is 113 Å². The van der Waals surface area contributed by atoms with Crippen LogP contribution in [-0.2, 0) is 0 Å². The Labute approximate surface area is 157 Å². The Morgan fingerprint density at radius 1 is 1.11 bits per heavy atom. The molecule has 8 nitrogen and oxygen atoms in total. The summed E-state index contributed by atoms with van der Waals surface area (Å²) in [6.07, 6.45) is 6.56. The van der Waals surface area contributed by atoms with E-state index in [9.17, 15) is 14.4 Å². The van der Waals surface area contributed by atoms with Crippen LogP contribution in [0.25, 0.3) is 0 Å². The van der Waals surface area contributed by atoms with Crippen molar-refractivity contribution in [1.82, 2.24) is 14.7 Å². The normalized spacial score (nSPS) is 14.9. The molecule has 8 heteroatoms. The van der Waals surface area contributed by atoms with Crippen LogP contribution >= 0.6 is 0 Å². The zero-order chi connectivity index (χ0) is 20.0. The highest BCUT2D eigenvalue weighted by Crippen LogP contribution is 2.20. The van der Waals surface area contributed by atoms with Crippen molar-refractivity contribution in [3.05, 3.63) is 52.8 Å². The lowest BCUT2D eigenvalue weighted by Crippen LogP contribution is -2.31. The summed E-state index contributed by atoms with van der Waals surface area (Å²) in [6, 6.07) is 4.46.